The number of Topliss-reactive ketones (excluding diaryl/α,β-unsaturated/α-hetero) is 1. The predicted molar refractivity (Wildman–Crippen MR) is 76.2 cm³/mol. The average molecular weight is 275 g/mol. The third-order valence-corrected chi connectivity index (χ3v) is 3.95. The Labute approximate surface area is 119 Å². The first-order valence-electron chi connectivity index (χ1n) is 7.08. The fourth-order valence-electron chi connectivity index (χ4n) is 2.71. The Bertz CT molecular complexity index is 472. The minimum Gasteiger partial charge on any atom is -0.445 e. The van der Waals surface area contributed by atoms with Crippen molar-refractivity contribution < 1.29 is 14.3 Å². The van der Waals surface area contributed by atoms with Gasteiger partial charge in [0.15, 0.2) is 0 Å². The van der Waals surface area contributed by atoms with Gasteiger partial charge in [-0.1, -0.05) is 43.7 Å². The third-order valence-electron chi connectivity index (χ3n) is 3.95. The minimum absolute atomic E-state index is 0.0377. The first-order chi connectivity index (χ1) is 9.61. The molecule has 2 rings (SSSR count). The van der Waals surface area contributed by atoms with Crippen LogP contribution >= 0.6 is 0 Å². The summed E-state index contributed by atoms with van der Waals surface area (Å²) in [4.78, 5) is 25.3. The Morgan fingerprint density at radius 1 is 1.25 bits per heavy atom. The molecule has 1 aromatic carbocycles. The molecule has 1 aromatic rings. The normalized spacial score (nSPS) is 21.8. The van der Waals surface area contributed by atoms with Gasteiger partial charge in [0.2, 0.25) is 0 Å². The fraction of sp³-hybridized carbons (Fsp3) is 0.500. The Hall–Kier alpha value is -1.84. The molecule has 0 aliphatic carbocycles. The van der Waals surface area contributed by atoms with E-state index in [1.165, 1.54) is 0 Å². The van der Waals surface area contributed by atoms with Gasteiger partial charge in [0.1, 0.15) is 12.4 Å². The number of ether oxygens (including phenoxy) is 1. The fourth-order valence-corrected chi connectivity index (χ4v) is 2.71. The summed E-state index contributed by atoms with van der Waals surface area (Å²) >= 11 is 0. The van der Waals surface area contributed by atoms with Gasteiger partial charge in [0, 0.05) is 19.0 Å². The van der Waals surface area contributed by atoms with Crippen molar-refractivity contribution in [1.29, 1.82) is 0 Å². The van der Waals surface area contributed by atoms with Crippen molar-refractivity contribution in [3.8, 4) is 0 Å². The maximum absolute atomic E-state index is 12.0. The van der Waals surface area contributed by atoms with Crippen molar-refractivity contribution in [3.63, 3.8) is 0 Å². The van der Waals surface area contributed by atoms with Crippen LogP contribution in [0.4, 0.5) is 4.79 Å². The molecule has 4 nitrogen and oxygen atoms in total. The molecule has 0 aromatic heterocycles. The Balaban J connectivity index is 1.89. The molecule has 0 bridgehead atoms. The van der Waals surface area contributed by atoms with Gasteiger partial charge in [-0.2, -0.15) is 0 Å². The van der Waals surface area contributed by atoms with E-state index in [0.29, 0.717) is 13.1 Å². The molecule has 0 N–H and O–H groups in total. The second-order valence-corrected chi connectivity index (χ2v) is 5.33. The minimum atomic E-state index is -0.323. The molecule has 2 unspecified atom stereocenters. The summed E-state index contributed by atoms with van der Waals surface area (Å²) in [6.45, 7) is 5.04. The summed E-state index contributed by atoms with van der Waals surface area (Å²) in [5.41, 5.74) is 0.968. The van der Waals surface area contributed by atoms with Gasteiger partial charge >= 0.3 is 6.09 Å². The maximum Gasteiger partial charge on any atom is 0.410 e. The quantitative estimate of drug-likeness (QED) is 0.849. The lowest BCUT2D eigenvalue weighted by molar-refractivity contribution is -0.121. The van der Waals surface area contributed by atoms with Crippen LogP contribution in [-0.2, 0) is 16.1 Å². The predicted octanol–water partition coefficient (Wildman–Crippen LogP) is 2.87. The van der Waals surface area contributed by atoms with E-state index in [9.17, 15) is 9.59 Å². The van der Waals surface area contributed by atoms with E-state index >= 15 is 0 Å². The van der Waals surface area contributed by atoms with E-state index in [-0.39, 0.29) is 30.3 Å². The summed E-state index contributed by atoms with van der Waals surface area (Å²) < 4.78 is 5.31. The molecule has 1 heterocycles. The van der Waals surface area contributed by atoms with Gasteiger partial charge in [-0.15, -0.1) is 0 Å². The number of rotatable bonds is 4. The number of ketones is 1. The lowest BCUT2D eigenvalue weighted by Gasteiger charge is -2.16. The Morgan fingerprint density at radius 2 is 1.95 bits per heavy atom. The van der Waals surface area contributed by atoms with Crippen molar-refractivity contribution >= 4 is 11.9 Å². The van der Waals surface area contributed by atoms with E-state index in [1.54, 1.807) is 11.8 Å². The van der Waals surface area contributed by atoms with Gasteiger partial charge in [0.25, 0.3) is 0 Å². The number of amides is 1. The molecule has 0 spiro atoms. The molecule has 0 saturated carbocycles. The smallest absolute Gasteiger partial charge is 0.410 e. The van der Waals surface area contributed by atoms with Crippen molar-refractivity contribution in [2.75, 3.05) is 13.1 Å². The van der Waals surface area contributed by atoms with E-state index in [1.807, 2.05) is 30.3 Å². The summed E-state index contributed by atoms with van der Waals surface area (Å²) in [6, 6.07) is 9.60. The standard InChI is InChI=1S/C16H21NO3/c1-3-14-9-17(10-15(14)12(2)18)16(19)20-11-13-7-5-4-6-8-13/h4-8,14-15H,3,9-11H2,1-2H3. The molecule has 20 heavy (non-hydrogen) atoms. The van der Waals surface area contributed by atoms with Crippen molar-refractivity contribution in [1.82, 2.24) is 4.90 Å². The highest BCUT2D eigenvalue weighted by Crippen LogP contribution is 2.27. The molecular formula is C16H21NO3. The summed E-state index contributed by atoms with van der Waals surface area (Å²) in [5, 5.41) is 0. The first kappa shape index (κ1) is 14.6. The van der Waals surface area contributed by atoms with Crippen LogP contribution in [0.3, 0.4) is 0 Å². The topological polar surface area (TPSA) is 46.6 Å². The lowest BCUT2D eigenvalue weighted by atomic mass is 9.91. The van der Waals surface area contributed by atoms with Crippen LogP contribution in [0.1, 0.15) is 25.8 Å². The van der Waals surface area contributed by atoms with Crippen molar-refractivity contribution in [2.24, 2.45) is 11.8 Å². The summed E-state index contributed by atoms with van der Waals surface area (Å²) in [6.07, 6.45) is 0.586. The van der Waals surface area contributed by atoms with E-state index < -0.39 is 0 Å². The van der Waals surface area contributed by atoms with Gasteiger partial charge < -0.3 is 9.64 Å². The number of nitrogens with zero attached hydrogens (tertiary/aromatic N) is 1. The van der Waals surface area contributed by atoms with Crippen molar-refractivity contribution in [2.45, 2.75) is 26.9 Å². The Kier molecular flexibility index (Phi) is 4.77. The summed E-state index contributed by atoms with van der Waals surface area (Å²) in [5.74, 6) is 0.385. The van der Waals surface area contributed by atoms with Gasteiger partial charge in [-0.3, -0.25) is 4.79 Å². The monoisotopic (exact) mass is 275 g/mol. The van der Waals surface area contributed by atoms with Crippen LogP contribution in [-0.4, -0.2) is 29.9 Å². The SMILES string of the molecule is CCC1CN(C(=O)OCc2ccccc2)CC1C(C)=O. The highest BCUT2D eigenvalue weighted by molar-refractivity contribution is 5.80. The number of benzene rings is 1. The average Bonchev–Trinajstić information content (AvgIpc) is 2.90. The molecule has 1 amide bonds. The number of likely N-dealkylation sites (tertiary alicyclic amines) is 1. The van der Waals surface area contributed by atoms with Crippen LogP contribution in [0.25, 0.3) is 0 Å². The van der Waals surface area contributed by atoms with Crippen LogP contribution in [0.5, 0.6) is 0 Å². The number of hydrogen-bond acceptors (Lipinski definition) is 3. The van der Waals surface area contributed by atoms with E-state index in [4.69, 9.17) is 4.74 Å². The molecule has 1 saturated heterocycles. The highest BCUT2D eigenvalue weighted by atomic mass is 16.6. The highest BCUT2D eigenvalue weighted by Gasteiger charge is 2.37. The zero-order valence-corrected chi connectivity index (χ0v) is 12.0. The van der Waals surface area contributed by atoms with Crippen LogP contribution < -0.4 is 0 Å². The lowest BCUT2D eigenvalue weighted by Crippen LogP contribution is -2.30. The molecule has 1 fully saturated rings. The van der Waals surface area contributed by atoms with Gasteiger partial charge in [-0.25, -0.2) is 4.79 Å². The van der Waals surface area contributed by atoms with Crippen LogP contribution in [0, 0.1) is 11.8 Å². The summed E-state index contributed by atoms with van der Waals surface area (Å²) in [7, 11) is 0. The molecule has 2 atom stereocenters. The van der Waals surface area contributed by atoms with Crippen molar-refractivity contribution in [3.05, 3.63) is 35.9 Å². The molecule has 1 aliphatic rings. The molecular weight excluding hydrogens is 254 g/mol. The zero-order chi connectivity index (χ0) is 14.5. The number of carbonyl (C=O) groups is 2. The van der Waals surface area contributed by atoms with Gasteiger partial charge in [-0.05, 0) is 18.4 Å². The molecule has 108 valence electrons. The molecule has 1 aliphatic heterocycles. The van der Waals surface area contributed by atoms with Crippen LogP contribution in [0.2, 0.25) is 0 Å². The zero-order valence-electron chi connectivity index (χ0n) is 12.0. The third kappa shape index (κ3) is 3.38. The van der Waals surface area contributed by atoms with E-state index in [2.05, 4.69) is 6.92 Å². The molecule has 0 radical (unpaired) electrons. The second kappa shape index (κ2) is 6.55. The first-order valence-corrected chi connectivity index (χ1v) is 7.08. The second-order valence-electron chi connectivity index (χ2n) is 5.33. The van der Waals surface area contributed by atoms with E-state index in [0.717, 1.165) is 12.0 Å². The molecule has 4 heteroatoms. The Morgan fingerprint density at radius 3 is 2.50 bits per heavy atom. The van der Waals surface area contributed by atoms with Crippen LogP contribution in [0.15, 0.2) is 30.3 Å². The maximum atomic E-state index is 12.0. The van der Waals surface area contributed by atoms with Gasteiger partial charge in [0.05, 0.1) is 0 Å². The number of hydrogen-bond donors (Lipinski definition) is 0. The largest absolute Gasteiger partial charge is 0.445 e. The number of carbonyl (C=O) groups excluding carboxylic acids is 2.